The maximum absolute atomic E-state index is 10.4. The smallest absolute Gasteiger partial charge is 0.122 e. The number of hydrogen-bond acceptors (Lipinski definition) is 3. The first-order valence-corrected chi connectivity index (χ1v) is 7.42. The highest BCUT2D eigenvalue weighted by Gasteiger charge is 2.43. The Bertz CT molecular complexity index is 474. The molecule has 1 saturated carbocycles. The van der Waals surface area contributed by atoms with Gasteiger partial charge in [0.2, 0.25) is 0 Å². The molecular formula is C17H27NO2. The second-order valence-electron chi connectivity index (χ2n) is 7.10. The Hall–Kier alpha value is -1.06. The standard InChI is InChI=1S/C17H27NO2/c1-12-9-14(16(2,3)4)7-8-15(12)20-11-17(19,10-18)13-5-6-13/h7-9,13,19H,5-6,10-11,18H2,1-4H3. The van der Waals surface area contributed by atoms with Crippen molar-refractivity contribution in [3.05, 3.63) is 29.3 Å². The van der Waals surface area contributed by atoms with E-state index < -0.39 is 5.60 Å². The molecule has 0 amide bonds. The van der Waals surface area contributed by atoms with Crippen LogP contribution in [0.2, 0.25) is 0 Å². The predicted molar refractivity (Wildman–Crippen MR) is 82.1 cm³/mol. The summed E-state index contributed by atoms with van der Waals surface area (Å²) in [4.78, 5) is 0. The van der Waals surface area contributed by atoms with Crippen molar-refractivity contribution in [1.29, 1.82) is 0 Å². The van der Waals surface area contributed by atoms with Gasteiger partial charge in [-0.2, -0.15) is 0 Å². The van der Waals surface area contributed by atoms with Gasteiger partial charge in [0, 0.05) is 6.54 Å². The van der Waals surface area contributed by atoms with E-state index in [1.165, 1.54) is 5.56 Å². The number of aliphatic hydroxyl groups is 1. The molecule has 0 aromatic heterocycles. The molecule has 20 heavy (non-hydrogen) atoms. The molecular weight excluding hydrogens is 250 g/mol. The Labute approximate surface area is 122 Å². The monoisotopic (exact) mass is 277 g/mol. The lowest BCUT2D eigenvalue weighted by molar-refractivity contribution is -0.0164. The molecule has 1 aromatic rings. The van der Waals surface area contributed by atoms with E-state index in [0.717, 1.165) is 24.2 Å². The minimum Gasteiger partial charge on any atom is -0.490 e. The summed E-state index contributed by atoms with van der Waals surface area (Å²) >= 11 is 0. The van der Waals surface area contributed by atoms with Gasteiger partial charge in [-0.15, -0.1) is 0 Å². The van der Waals surface area contributed by atoms with E-state index in [-0.39, 0.29) is 18.6 Å². The summed E-state index contributed by atoms with van der Waals surface area (Å²) in [6.07, 6.45) is 2.11. The van der Waals surface area contributed by atoms with E-state index in [9.17, 15) is 5.11 Å². The summed E-state index contributed by atoms with van der Waals surface area (Å²) in [7, 11) is 0. The molecule has 112 valence electrons. The quantitative estimate of drug-likeness (QED) is 0.870. The molecule has 0 aliphatic heterocycles. The van der Waals surface area contributed by atoms with Gasteiger partial charge in [0.15, 0.2) is 0 Å². The Morgan fingerprint density at radius 3 is 2.40 bits per heavy atom. The first-order valence-electron chi connectivity index (χ1n) is 7.42. The Kier molecular flexibility index (Phi) is 4.12. The van der Waals surface area contributed by atoms with Crippen LogP contribution in [0.15, 0.2) is 18.2 Å². The minimum atomic E-state index is -0.866. The molecule has 0 saturated heterocycles. The lowest BCUT2D eigenvalue weighted by atomic mass is 9.86. The van der Waals surface area contributed by atoms with Crippen LogP contribution in [0.5, 0.6) is 5.75 Å². The molecule has 1 aliphatic rings. The van der Waals surface area contributed by atoms with Gasteiger partial charge in [0.25, 0.3) is 0 Å². The van der Waals surface area contributed by atoms with E-state index in [1.807, 2.05) is 13.0 Å². The summed E-state index contributed by atoms with van der Waals surface area (Å²) in [6.45, 7) is 9.18. The van der Waals surface area contributed by atoms with Crippen LogP contribution in [0.1, 0.15) is 44.7 Å². The van der Waals surface area contributed by atoms with Crippen LogP contribution in [0.4, 0.5) is 0 Å². The first-order chi connectivity index (χ1) is 9.26. The Morgan fingerprint density at radius 2 is 1.95 bits per heavy atom. The van der Waals surface area contributed by atoms with Crippen LogP contribution >= 0.6 is 0 Å². The minimum absolute atomic E-state index is 0.134. The van der Waals surface area contributed by atoms with Gasteiger partial charge in [0.05, 0.1) is 0 Å². The number of nitrogens with two attached hydrogens (primary N) is 1. The molecule has 2 rings (SSSR count). The first kappa shape index (κ1) is 15.3. The Balaban J connectivity index is 2.07. The molecule has 3 nitrogen and oxygen atoms in total. The zero-order valence-corrected chi connectivity index (χ0v) is 13.1. The van der Waals surface area contributed by atoms with Crippen molar-refractivity contribution in [2.75, 3.05) is 13.2 Å². The van der Waals surface area contributed by atoms with Crippen LogP contribution in [0.25, 0.3) is 0 Å². The summed E-state index contributed by atoms with van der Waals surface area (Å²) in [5.74, 6) is 1.15. The van der Waals surface area contributed by atoms with E-state index in [4.69, 9.17) is 10.5 Å². The van der Waals surface area contributed by atoms with Crippen molar-refractivity contribution >= 4 is 0 Å². The molecule has 1 aliphatic carbocycles. The summed E-state index contributed by atoms with van der Waals surface area (Å²) in [5.41, 5.74) is 7.36. The highest BCUT2D eigenvalue weighted by Crippen LogP contribution is 2.39. The van der Waals surface area contributed by atoms with Crippen LogP contribution in [-0.2, 0) is 5.41 Å². The fourth-order valence-corrected chi connectivity index (χ4v) is 2.44. The molecule has 1 unspecified atom stereocenters. The van der Waals surface area contributed by atoms with Gasteiger partial charge in [-0.05, 0) is 48.3 Å². The number of hydrogen-bond donors (Lipinski definition) is 2. The van der Waals surface area contributed by atoms with Gasteiger partial charge in [-0.1, -0.05) is 32.9 Å². The van der Waals surface area contributed by atoms with Crippen LogP contribution in [-0.4, -0.2) is 23.9 Å². The van der Waals surface area contributed by atoms with Crippen molar-refractivity contribution < 1.29 is 9.84 Å². The lowest BCUT2D eigenvalue weighted by Crippen LogP contribution is -2.45. The topological polar surface area (TPSA) is 55.5 Å². The maximum atomic E-state index is 10.4. The van der Waals surface area contributed by atoms with Crippen molar-refractivity contribution in [3.8, 4) is 5.75 Å². The second kappa shape index (κ2) is 5.38. The van der Waals surface area contributed by atoms with Crippen LogP contribution in [0, 0.1) is 12.8 Å². The van der Waals surface area contributed by atoms with Crippen molar-refractivity contribution in [2.24, 2.45) is 11.7 Å². The van der Waals surface area contributed by atoms with Crippen molar-refractivity contribution in [2.45, 2.75) is 51.6 Å². The van der Waals surface area contributed by atoms with E-state index in [0.29, 0.717) is 5.92 Å². The third-order valence-electron chi connectivity index (χ3n) is 4.21. The molecule has 0 spiro atoms. The van der Waals surface area contributed by atoms with E-state index >= 15 is 0 Å². The molecule has 0 radical (unpaired) electrons. The van der Waals surface area contributed by atoms with Crippen LogP contribution in [0.3, 0.4) is 0 Å². The lowest BCUT2D eigenvalue weighted by Gasteiger charge is -2.27. The van der Waals surface area contributed by atoms with Gasteiger partial charge in [-0.25, -0.2) is 0 Å². The molecule has 1 aromatic carbocycles. The predicted octanol–water partition coefficient (Wildman–Crippen LogP) is 2.77. The number of rotatable bonds is 5. The van der Waals surface area contributed by atoms with E-state index in [2.05, 4.69) is 32.9 Å². The Morgan fingerprint density at radius 1 is 1.30 bits per heavy atom. The third kappa shape index (κ3) is 3.33. The number of benzene rings is 1. The van der Waals surface area contributed by atoms with Crippen molar-refractivity contribution in [3.63, 3.8) is 0 Å². The zero-order chi connectivity index (χ0) is 15.0. The average Bonchev–Trinajstić information content (AvgIpc) is 3.20. The highest BCUT2D eigenvalue weighted by atomic mass is 16.5. The van der Waals surface area contributed by atoms with Crippen molar-refractivity contribution in [1.82, 2.24) is 0 Å². The van der Waals surface area contributed by atoms with Gasteiger partial charge in [0.1, 0.15) is 18.0 Å². The van der Waals surface area contributed by atoms with Crippen LogP contribution < -0.4 is 10.5 Å². The molecule has 1 atom stereocenters. The van der Waals surface area contributed by atoms with E-state index in [1.54, 1.807) is 0 Å². The summed E-state index contributed by atoms with van der Waals surface area (Å²) in [6, 6.07) is 6.26. The zero-order valence-electron chi connectivity index (χ0n) is 13.1. The fraction of sp³-hybridized carbons (Fsp3) is 0.647. The normalized spacial score (nSPS) is 18.7. The average molecular weight is 277 g/mol. The van der Waals surface area contributed by atoms with Gasteiger partial charge < -0.3 is 15.6 Å². The van der Waals surface area contributed by atoms with Gasteiger partial charge in [-0.3, -0.25) is 0 Å². The fourth-order valence-electron chi connectivity index (χ4n) is 2.44. The maximum Gasteiger partial charge on any atom is 0.122 e. The number of aryl methyl sites for hydroxylation is 1. The third-order valence-corrected chi connectivity index (χ3v) is 4.21. The highest BCUT2D eigenvalue weighted by molar-refractivity contribution is 5.38. The largest absolute Gasteiger partial charge is 0.490 e. The molecule has 3 heteroatoms. The SMILES string of the molecule is Cc1cc(C(C)(C)C)ccc1OCC(O)(CN)C1CC1. The number of ether oxygens (including phenoxy) is 1. The second-order valence-corrected chi connectivity index (χ2v) is 7.10. The summed E-state index contributed by atoms with van der Waals surface area (Å²) < 4.78 is 5.83. The molecule has 0 heterocycles. The molecule has 1 fully saturated rings. The molecule has 3 N–H and O–H groups in total. The molecule has 0 bridgehead atoms. The summed E-state index contributed by atoms with van der Waals surface area (Å²) in [5, 5.41) is 10.4. The van der Waals surface area contributed by atoms with Gasteiger partial charge >= 0.3 is 0 Å².